The summed E-state index contributed by atoms with van der Waals surface area (Å²) in [5.74, 6) is 0.662. The number of benzene rings is 2. The Morgan fingerprint density at radius 2 is 1.86 bits per heavy atom. The predicted molar refractivity (Wildman–Crippen MR) is 78.0 cm³/mol. The van der Waals surface area contributed by atoms with Gasteiger partial charge < -0.3 is 15.2 Å². The lowest BCUT2D eigenvalue weighted by Crippen LogP contribution is -2.06. The topological polar surface area (TPSA) is 44.5 Å². The largest absolute Gasteiger partial charge is 0.488 e. The van der Waals surface area contributed by atoms with Gasteiger partial charge in [-0.25, -0.2) is 0 Å². The molecule has 0 atom stereocenters. The number of hydrogen-bond acceptors (Lipinski definition) is 3. The Labute approximate surface area is 126 Å². The smallest absolute Gasteiger partial charge is 0.387 e. The van der Waals surface area contributed by atoms with Crippen molar-refractivity contribution in [2.75, 3.05) is 5.73 Å². The highest BCUT2D eigenvalue weighted by atomic mass is 35.5. The van der Waals surface area contributed by atoms with E-state index in [0.717, 1.165) is 5.56 Å². The Morgan fingerprint density at radius 3 is 2.52 bits per heavy atom. The molecule has 0 amide bonds. The van der Waals surface area contributed by atoms with E-state index < -0.39 is 6.61 Å². The van der Waals surface area contributed by atoms with Crippen LogP contribution in [-0.4, -0.2) is 6.61 Å². The quantitative estimate of drug-likeness (QED) is 0.831. The lowest BCUT2D eigenvalue weighted by Gasteiger charge is -2.13. The molecule has 0 aliphatic rings. The van der Waals surface area contributed by atoms with Crippen LogP contribution in [0.15, 0.2) is 36.4 Å². The van der Waals surface area contributed by atoms with Gasteiger partial charge >= 0.3 is 6.61 Å². The molecule has 0 aliphatic heterocycles. The Balaban J connectivity index is 2.16. The fraction of sp³-hybridized carbons (Fsp3) is 0.200. The van der Waals surface area contributed by atoms with E-state index in [1.165, 1.54) is 18.2 Å². The molecule has 0 spiro atoms. The molecule has 2 aromatic carbocycles. The SMILES string of the molecule is Cc1cc(N)ccc1OCc1cc(Cl)ccc1OC(F)F. The molecular formula is C15H14ClF2NO2. The fourth-order valence-corrected chi connectivity index (χ4v) is 2.06. The number of nitrogens with two attached hydrogens (primary N) is 1. The number of halogens is 3. The summed E-state index contributed by atoms with van der Waals surface area (Å²) in [6, 6.07) is 9.61. The summed E-state index contributed by atoms with van der Waals surface area (Å²) in [4.78, 5) is 0. The van der Waals surface area contributed by atoms with Crippen molar-refractivity contribution >= 4 is 17.3 Å². The summed E-state index contributed by atoms with van der Waals surface area (Å²) in [5.41, 5.74) is 7.58. The van der Waals surface area contributed by atoms with Gasteiger partial charge in [0, 0.05) is 16.3 Å². The van der Waals surface area contributed by atoms with Crippen molar-refractivity contribution in [1.82, 2.24) is 0 Å². The number of ether oxygens (including phenoxy) is 2. The van der Waals surface area contributed by atoms with Crippen LogP contribution in [0, 0.1) is 6.92 Å². The van der Waals surface area contributed by atoms with Gasteiger partial charge in [0.2, 0.25) is 0 Å². The molecule has 21 heavy (non-hydrogen) atoms. The first kappa shape index (κ1) is 15.4. The van der Waals surface area contributed by atoms with E-state index in [0.29, 0.717) is 22.0 Å². The van der Waals surface area contributed by atoms with Crippen LogP contribution >= 0.6 is 11.6 Å². The van der Waals surface area contributed by atoms with Gasteiger partial charge in [0.15, 0.2) is 0 Å². The zero-order chi connectivity index (χ0) is 15.4. The van der Waals surface area contributed by atoms with Gasteiger partial charge in [-0.3, -0.25) is 0 Å². The minimum atomic E-state index is -2.90. The maximum absolute atomic E-state index is 12.4. The minimum Gasteiger partial charge on any atom is -0.488 e. The van der Waals surface area contributed by atoms with Gasteiger partial charge in [-0.2, -0.15) is 8.78 Å². The molecule has 2 rings (SSSR count). The lowest BCUT2D eigenvalue weighted by atomic mass is 10.2. The molecule has 0 saturated heterocycles. The maximum atomic E-state index is 12.4. The minimum absolute atomic E-state index is 0.0440. The molecule has 0 unspecified atom stereocenters. The molecule has 2 aromatic rings. The van der Waals surface area contributed by atoms with Gasteiger partial charge in [-0.15, -0.1) is 0 Å². The van der Waals surface area contributed by atoms with Crippen molar-refractivity contribution in [1.29, 1.82) is 0 Å². The second-order valence-electron chi connectivity index (χ2n) is 4.44. The average Bonchev–Trinajstić information content (AvgIpc) is 2.40. The second-order valence-corrected chi connectivity index (χ2v) is 4.88. The molecule has 3 nitrogen and oxygen atoms in total. The van der Waals surface area contributed by atoms with Crippen molar-refractivity contribution in [2.24, 2.45) is 0 Å². The van der Waals surface area contributed by atoms with E-state index in [4.69, 9.17) is 22.1 Å². The molecule has 0 fully saturated rings. The third-order valence-electron chi connectivity index (χ3n) is 2.82. The third kappa shape index (κ3) is 4.23. The van der Waals surface area contributed by atoms with Crippen LogP contribution in [0.5, 0.6) is 11.5 Å². The van der Waals surface area contributed by atoms with Gasteiger partial charge in [0.05, 0.1) is 0 Å². The molecule has 2 N–H and O–H groups in total. The highest BCUT2D eigenvalue weighted by Crippen LogP contribution is 2.27. The van der Waals surface area contributed by atoms with Crippen LogP contribution in [0.1, 0.15) is 11.1 Å². The normalized spacial score (nSPS) is 10.7. The highest BCUT2D eigenvalue weighted by Gasteiger charge is 2.11. The number of anilines is 1. The van der Waals surface area contributed by atoms with Crippen molar-refractivity contribution in [3.63, 3.8) is 0 Å². The van der Waals surface area contributed by atoms with Crippen LogP contribution in [0.25, 0.3) is 0 Å². The van der Waals surface area contributed by atoms with Gasteiger partial charge in [-0.1, -0.05) is 11.6 Å². The van der Waals surface area contributed by atoms with E-state index in [-0.39, 0.29) is 12.4 Å². The Morgan fingerprint density at radius 1 is 1.14 bits per heavy atom. The lowest BCUT2D eigenvalue weighted by molar-refractivity contribution is -0.0508. The van der Waals surface area contributed by atoms with Crippen LogP contribution in [0.4, 0.5) is 14.5 Å². The number of aryl methyl sites for hydroxylation is 1. The summed E-state index contributed by atoms with van der Waals surface area (Å²) in [5, 5.41) is 0.421. The van der Waals surface area contributed by atoms with E-state index in [9.17, 15) is 8.78 Å². The second kappa shape index (κ2) is 6.63. The standard InChI is InChI=1S/C15H14ClF2NO2/c1-9-6-12(19)3-5-13(9)20-8-10-7-11(16)2-4-14(10)21-15(17)18/h2-7,15H,8,19H2,1H3. The van der Waals surface area contributed by atoms with Crippen LogP contribution in [-0.2, 0) is 6.61 Å². The first-order valence-corrected chi connectivity index (χ1v) is 6.55. The Bertz CT molecular complexity index is 635. The first-order valence-electron chi connectivity index (χ1n) is 6.18. The van der Waals surface area contributed by atoms with E-state index in [1.807, 2.05) is 6.92 Å². The Kier molecular flexibility index (Phi) is 4.85. The summed E-state index contributed by atoms with van der Waals surface area (Å²) in [6.45, 7) is -0.990. The fourth-order valence-electron chi connectivity index (χ4n) is 1.86. The van der Waals surface area contributed by atoms with Gasteiger partial charge in [0.1, 0.15) is 18.1 Å². The number of hydrogen-bond donors (Lipinski definition) is 1. The number of nitrogen functional groups attached to an aromatic ring is 1. The van der Waals surface area contributed by atoms with Crippen molar-refractivity contribution < 1.29 is 18.3 Å². The highest BCUT2D eigenvalue weighted by molar-refractivity contribution is 6.30. The van der Waals surface area contributed by atoms with Crippen molar-refractivity contribution in [3.8, 4) is 11.5 Å². The van der Waals surface area contributed by atoms with Crippen LogP contribution < -0.4 is 15.2 Å². The van der Waals surface area contributed by atoms with Crippen LogP contribution in [0.3, 0.4) is 0 Å². The van der Waals surface area contributed by atoms with E-state index >= 15 is 0 Å². The summed E-state index contributed by atoms with van der Waals surface area (Å²) >= 11 is 5.87. The molecule has 6 heteroatoms. The average molecular weight is 314 g/mol. The summed E-state index contributed by atoms with van der Waals surface area (Å²) in [7, 11) is 0. The van der Waals surface area contributed by atoms with E-state index in [2.05, 4.69) is 4.74 Å². The van der Waals surface area contributed by atoms with E-state index in [1.54, 1.807) is 18.2 Å². The molecular weight excluding hydrogens is 300 g/mol. The van der Waals surface area contributed by atoms with Gasteiger partial charge in [-0.05, 0) is 48.9 Å². The molecule has 0 heterocycles. The molecule has 0 radical (unpaired) electrons. The number of rotatable bonds is 5. The number of alkyl halides is 2. The molecule has 0 aliphatic carbocycles. The van der Waals surface area contributed by atoms with Gasteiger partial charge in [0.25, 0.3) is 0 Å². The summed E-state index contributed by atoms with van der Waals surface area (Å²) < 4.78 is 34.8. The molecule has 0 bridgehead atoms. The molecule has 0 saturated carbocycles. The Hall–Kier alpha value is -2.01. The predicted octanol–water partition coefficient (Wildman–Crippen LogP) is 4.41. The molecule has 112 valence electrons. The van der Waals surface area contributed by atoms with Crippen molar-refractivity contribution in [3.05, 3.63) is 52.5 Å². The van der Waals surface area contributed by atoms with Crippen molar-refractivity contribution in [2.45, 2.75) is 20.1 Å². The van der Waals surface area contributed by atoms with Crippen LogP contribution in [0.2, 0.25) is 5.02 Å². The first-order chi connectivity index (χ1) is 9.95. The summed E-state index contributed by atoms with van der Waals surface area (Å²) in [6.07, 6.45) is 0. The zero-order valence-corrected chi connectivity index (χ0v) is 12.0. The monoisotopic (exact) mass is 313 g/mol. The molecule has 0 aromatic heterocycles. The maximum Gasteiger partial charge on any atom is 0.387 e. The zero-order valence-electron chi connectivity index (χ0n) is 11.3. The third-order valence-corrected chi connectivity index (χ3v) is 3.06.